The molecule has 0 aliphatic carbocycles. The lowest BCUT2D eigenvalue weighted by Gasteiger charge is -2.37. The lowest BCUT2D eigenvalue weighted by molar-refractivity contribution is -0.0893. The standard InChI is InChI=1S/C21H28BO2/c1-19(2,16-10-8-7-9-11-16)17-12-14-18(15-13-17)22-24-21(5,6)20(3,4)23/h7-15,23H,1-6H3. The molecule has 0 aliphatic rings. The molecule has 127 valence electrons. The van der Waals surface area contributed by atoms with E-state index in [9.17, 15) is 5.11 Å². The summed E-state index contributed by atoms with van der Waals surface area (Å²) in [5.41, 5.74) is 1.91. The molecule has 0 saturated heterocycles. The third-order valence-electron chi connectivity index (χ3n) is 5.09. The molecule has 0 fully saturated rings. The Morgan fingerprint density at radius 2 is 1.25 bits per heavy atom. The lowest BCUT2D eigenvalue weighted by Crippen LogP contribution is -2.49. The quantitative estimate of drug-likeness (QED) is 0.819. The maximum Gasteiger partial charge on any atom is 0.330 e. The van der Waals surface area contributed by atoms with Crippen LogP contribution in [0.25, 0.3) is 0 Å². The van der Waals surface area contributed by atoms with Gasteiger partial charge < -0.3 is 9.76 Å². The van der Waals surface area contributed by atoms with Crippen LogP contribution in [0.4, 0.5) is 0 Å². The van der Waals surface area contributed by atoms with Crippen LogP contribution in [0.3, 0.4) is 0 Å². The second kappa shape index (κ2) is 6.74. The highest BCUT2D eigenvalue weighted by Gasteiger charge is 2.35. The van der Waals surface area contributed by atoms with E-state index in [1.807, 2.05) is 19.9 Å². The van der Waals surface area contributed by atoms with Crippen molar-refractivity contribution >= 4 is 12.9 Å². The van der Waals surface area contributed by atoms with Gasteiger partial charge in [0.1, 0.15) is 0 Å². The zero-order valence-corrected chi connectivity index (χ0v) is 15.6. The first-order chi connectivity index (χ1) is 11.0. The molecule has 0 heterocycles. The highest BCUT2D eigenvalue weighted by atomic mass is 16.5. The Morgan fingerprint density at radius 3 is 1.75 bits per heavy atom. The summed E-state index contributed by atoms with van der Waals surface area (Å²) in [4.78, 5) is 0. The molecule has 2 aromatic carbocycles. The Hall–Kier alpha value is -1.58. The minimum absolute atomic E-state index is 0.0486. The van der Waals surface area contributed by atoms with Crippen molar-refractivity contribution in [2.45, 2.75) is 58.2 Å². The molecule has 24 heavy (non-hydrogen) atoms. The smallest absolute Gasteiger partial charge is 0.330 e. The van der Waals surface area contributed by atoms with Crippen molar-refractivity contribution in [2.75, 3.05) is 0 Å². The third kappa shape index (κ3) is 4.09. The van der Waals surface area contributed by atoms with Crippen LogP contribution in [0, 0.1) is 0 Å². The summed E-state index contributed by atoms with van der Waals surface area (Å²) in [6.45, 7) is 11.7. The molecular formula is C21H28BO2. The summed E-state index contributed by atoms with van der Waals surface area (Å²) >= 11 is 0. The van der Waals surface area contributed by atoms with Crippen molar-refractivity contribution in [1.82, 2.24) is 0 Å². The van der Waals surface area contributed by atoms with E-state index in [2.05, 4.69) is 62.4 Å². The van der Waals surface area contributed by atoms with Crippen molar-refractivity contribution < 1.29 is 9.76 Å². The van der Waals surface area contributed by atoms with Gasteiger partial charge in [-0.05, 0) is 38.8 Å². The van der Waals surface area contributed by atoms with Crippen molar-refractivity contribution in [2.24, 2.45) is 0 Å². The van der Waals surface area contributed by atoms with Gasteiger partial charge in [0.2, 0.25) is 0 Å². The molecule has 0 unspecified atom stereocenters. The fraction of sp³-hybridized carbons (Fsp3) is 0.429. The summed E-state index contributed by atoms with van der Waals surface area (Å²) < 4.78 is 5.82. The van der Waals surface area contributed by atoms with Crippen molar-refractivity contribution in [1.29, 1.82) is 0 Å². The van der Waals surface area contributed by atoms with Gasteiger partial charge in [0.05, 0.1) is 11.2 Å². The zero-order chi connectivity index (χ0) is 18.0. The van der Waals surface area contributed by atoms with Crippen LogP contribution in [0.2, 0.25) is 0 Å². The topological polar surface area (TPSA) is 29.5 Å². The average Bonchev–Trinajstić information content (AvgIpc) is 2.53. The molecule has 0 aromatic heterocycles. The van der Waals surface area contributed by atoms with Gasteiger partial charge in [-0.15, -0.1) is 0 Å². The van der Waals surface area contributed by atoms with Crippen LogP contribution in [0.1, 0.15) is 52.7 Å². The van der Waals surface area contributed by atoms with Gasteiger partial charge in [-0.3, -0.25) is 0 Å². The van der Waals surface area contributed by atoms with E-state index in [0.717, 1.165) is 5.46 Å². The predicted molar refractivity (Wildman–Crippen MR) is 102 cm³/mol. The van der Waals surface area contributed by atoms with Crippen LogP contribution in [0.15, 0.2) is 54.6 Å². The molecule has 0 spiro atoms. The molecule has 2 rings (SSSR count). The maximum absolute atomic E-state index is 10.2. The SMILES string of the molecule is CC(C)(c1ccccc1)c1ccc([B]OC(C)(C)C(C)(C)O)cc1. The molecule has 0 amide bonds. The lowest BCUT2D eigenvalue weighted by atomic mass is 9.76. The fourth-order valence-corrected chi connectivity index (χ4v) is 2.36. The number of aliphatic hydroxyl groups is 1. The van der Waals surface area contributed by atoms with E-state index >= 15 is 0 Å². The average molecular weight is 323 g/mol. The van der Waals surface area contributed by atoms with E-state index in [1.165, 1.54) is 11.1 Å². The second-order valence-electron chi connectivity index (χ2n) is 7.92. The van der Waals surface area contributed by atoms with Gasteiger partial charge >= 0.3 is 7.48 Å². The van der Waals surface area contributed by atoms with Crippen LogP contribution >= 0.6 is 0 Å². The Labute approximate surface area is 147 Å². The zero-order valence-electron chi connectivity index (χ0n) is 15.6. The molecule has 2 aromatic rings. The van der Waals surface area contributed by atoms with Crippen LogP contribution < -0.4 is 5.46 Å². The molecular weight excluding hydrogens is 295 g/mol. The highest BCUT2D eigenvalue weighted by molar-refractivity contribution is 6.47. The maximum atomic E-state index is 10.2. The molecule has 3 heteroatoms. The van der Waals surface area contributed by atoms with Crippen molar-refractivity contribution in [3.63, 3.8) is 0 Å². The summed E-state index contributed by atoms with van der Waals surface area (Å²) in [5.74, 6) is 0. The van der Waals surface area contributed by atoms with Gasteiger partial charge in [-0.25, -0.2) is 0 Å². The number of hydrogen-bond acceptors (Lipinski definition) is 2. The monoisotopic (exact) mass is 323 g/mol. The van der Waals surface area contributed by atoms with Gasteiger partial charge in [-0.2, -0.15) is 0 Å². The van der Waals surface area contributed by atoms with E-state index in [-0.39, 0.29) is 5.41 Å². The molecule has 0 saturated carbocycles. The largest absolute Gasteiger partial charge is 0.427 e. The fourth-order valence-electron chi connectivity index (χ4n) is 2.36. The Balaban J connectivity index is 2.11. The highest BCUT2D eigenvalue weighted by Crippen LogP contribution is 2.30. The molecule has 1 N–H and O–H groups in total. The second-order valence-corrected chi connectivity index (χ2v) is 7.92. The van der Waals surface area contributed by atoms with E-state index in [0.29, 0.717) is 0 Å². The van der Waals surface area contributed by atoms with E-state index < -0.39 is 11.2 Å². The normalized spacial score (nSPS) is 13.0. The minimum atomic E-state index is -0.918. The van der Waals surface area contributed by atoms with Gasteiger partial charge in [0, 0.05) is 5.41 Å². The predicted octanol–water partition coefficient (Wildman–Crippen LogP) is 3.82. The minimum Gasteiger partial charge on any atom is -0.427 e. The Kier molecular flexibility index (Phi) is 5.27. The number of benzene rings is 2. The van der Waals surface area contributed by atoms with Gasteiger partial charge in [-0.1, -0.05) is 73.9 Å². The number of rotatable bonds is 6. The summed E-state index contributed by atoms with van der Waals surface area (Å²) in [5, 5.41) is 10.2. The molecule has 0 atom stereocenters. The summed E-state index contributed by atoms with van der Waals surface area (Å²) in [6, 6.07) is 18.9. The van der Waals surface area contributed by atoms with Gasteiger partial charge in [0.25, 0.3) is 0 Å². The molecule has 1 radical (unpaired) electrons. The first kappa shape index (κ1) is 18.8. The summed E-state index contributed by atoms with van der Waals surface area (Å²) in [7, 11) is 1.72. The molecule has 0 aliphatic heterocycles. The van der Waals surface area contributed by atoms with Gasteiger partial charge in [0.15, 0.2) is 0 Å². The number of hydrogen-bond donors (Lipinski definition) is 1. The Morgan fingerprint density at radius 1 is 0.750 bits per heavy atom. The van der Waals surface area contributed by atoms with Crippen LogP contribution in [-0.2, 0) is 10.1 Å². The van der Waals surface area contributed by atoms with E-state index in [4.69, 9.17) is 4.65 Å². The first-order valence-corrected chi connectivity index (χ1v) is 8.43. The van der Waals surface area contributed by atoms with Crippen LogP contribution in [-0.4, -0.2) is 23.8 Å². The Bertz CT molecular complexity index is 652. The third-order valence-corrected chi connectivity index (χ3v) is 5.09. The first-order valence-electron chi connectivity index (χ1n) is 8.43. The molecule has 0 bridgehead atoms. The van der Waals surface area contributed by atoms with Crippen molar-refractivity contribution in [3.8, 4) is 0 Å². The molecule has 2 nitrogen and oxygen atoms in total. The van der Waals surface area contributed by atoms with E-state index in [1.54, 1.807) is 21.3 Å². The van der Waals surface area contributed by atoms with Crippen molar-refractivity contribution in [3.05, 3.63) is 65.7 Å². The van der Waals surface area contributed by atoms with Crippen LogP contribution in [0.5, 0.6) is 0 Å². The summed E-state index contributed by atoms with van der Waals surface area (Å²) in [6.07, 6.45) is 0.